The number of nitrogens with one attached hydrogen (secondary N) is 1. The van der Waals surface area contributed by atoms with E-state index in [0.29, 0.717) is 24.4 Å². The summed E-state index contributed by atoms with van der Waals surface area (Å²) in [6, 6.07) is 7.27. The molecule has 1 fully saturated rings. The zero-order valence-electron chi connectivity index (χ0n) is 15.5. The third-order valence-electron chi connectivity index (χ3n) is 4.69. The fourth-order valence-electron chi connectivity index (χ4n) is 3.16. The monoisotopic (exact) mass is 363 g/mol. The van der Waals surface area contributed by atoms with Gasteiger partial charge >= 0.3 is 0 Å². The topological polar surface area (TPSA) is 53.8 Å². The van der Waals surface area contributed by atoms with E-state index < -0.39 is 10.0 Å². The molecule has 0 radical (unpaired) electrons. The van der Waals surface area contributed by atoms with Crippen LogP contribution in [0.1, 0.15) is 45.6 Å². The summed E-state index contributed by atoms with van der Waals surface area (Å²) in [6.07, 6.45) is 2.21. The normalized spacial score (nSPS) is 16.8. The lowest BCUT2D eigenvalue weighted by Crippen LogP contribution is -2.46. The maximum Gasteiger partial charge on any atom is 0.243 e. The van der Waals surface area contributed by atoms with E-state index >= 15 is 0 Å². The molecule has 1 saturated heterocycles. The second kappa shape index (κ2) is 8.31. The van der Waals surface area contributed by atoms with Crippen molar-refractivity contribution in [1.82, 2.24) is 9.62 Å². The first kappa shape index (κ1) is 19.9. The van der Waals surface area contributed by atoms with Crippen LogP contribution in [0.25, 0.3) is 4.85 Å². The standard InChI is InChI=1S/C19H29N3O2S/c1-19(2,3)16-6-8-18(9-7-16)25(23,24)22(15-5-12-20-4)17-10-13-21-14-11-17/h6-9,17,21H,5,10-15H2,1-3H3. The smallest absolute Gasteiger partial charge is 0.243 e. The van der Waals surface area contributed by atoms with Gasteiger partial charge < -0.3 is 10.2 Å². The Bertz CT molecular complexity index is 694. The number of benzene rings is 1. The lowest BCUT2D eigenvalue weighted by atomic mass is 9.87. The molecule has 6 heteroatoms. The molecule has 1 N–H and O–H groups in total. The predicted molar refractivity (Wildman–Crippen MR) is 101 cm³/mol. The summed E-state index contributed by atoms with van der Waals surface area (Å²) in [5, 5.41) is 3.28. The first-order valence-corrected chi connectivity index (χ1v) is 10.4. The van der Waals surface area contributed by atoms with Gasteiger partial charge in [-0.25, -0.2) is 15.0 Å². The van der Waals surface area contributed by atoms with Gasteiger partial charge in [-0.2, -0.15) is 4.31 Å². The average Bonchev–Trinajstić information content (AvgIpc) is 2.59. The van der Waals surface area contributed by atoms with Gasteiger partial charge in [0.1, 0.15) is 0 Å². The Balaban J connectivity index is 2.28. The van der Waals surface area contributed by atoms with Crippen molar-refractivity contribution < 1.29 is 8.42 Å². The minimum Gasteiger partial charge on any atom is -0.317 e. The van der Waals surface area contributed by atoms with E-state index in [1.807, 2.05) is 12.1 Å². The van der Waals surface area contributed by atoms with E-state index in [0.717, 1.165) is 31.5 Å². The molecule has 0 aromatic heterocycles. The maximum atomic E-state index is 13.2. The van der Waals surface area contributed by atoms with Crippen molar-refractivity contribution in [1.29, 1.82) is 0 Å². The van der Waals surface area contributed by atoms with Gasteiger partial charge in [-0.15, -0.1) is 0 Å². The Kier molecular flexibility index (Phi) is 6.61. The third-order valence-corrected chi connectivity index (χ3v) is 6.66. The van der Waals surface area contributed by atoms with Crippen LogP contribution in [0.5, 0.6) is 0 Å². The SMILES string of the molecule is [C-]#[N+]CCCN(C1CCNCC1)S(=O)(=O)c1ccc(C(C)(C)C)cc1. The van der Waals surface area contributed by atoms with Gasteiger partial charge in [0.25, 0.3) is 0 Å². The first-order chi connectivity index (χ1) is 11.8. The van der Waals surface area contributed by atoms with Gasteiger partial charge in [0.05, 0.1) is 4.90 Å². The molecule has 0 saturated carbocycles. The summed E-state index contributed by atoms with van der Waals surface area (Å²) < 4.78 is 28.1. The van der Waals surface area contributed by atoms with Gasteiger partial charge in [0, 0.05) is 19.0 Å². The molecule has 1 aliphatic rings. The first-order valence-electron chi connectivity index (χ1n) is 8.93. The second-order valence-electron chi connectivity index (χ2n) is 7.61. The Labute approximate surface area is 152 Å². The Morgan fingerprint density at radius 3 is 2.32 bits per heavy atom. The number of rotatable bonds is 6. The van der Waals surface area contributed by atoms with E-state index in [9.17, 15) is 8.42 Å². The number of nitrogens with zero attached hydrogens (tertiary/aromatic N) is 2. The van der Waals surface area contributed by atoms with E-state index in [1.165, 1.54) is 0 Å². The van der Waals surface area contributed by atoms with E-state index in [-0.39, 0.29) is 11.5 Å². The molecular weight excluding hydrogens is 334 g/mol. The number of hydrogen-bond acceptors (Lipinski definition) is 3. The predicted octanol–water partition coefficient (Wildman–Crippen LogP) is 3.04. The zero-order chi connectivity index (χ0) is 18.5. The van der Waals surface area contributed by atoms with Crippen LogP contribution in [0.4, 0.5) is 0 Å². The summed E-state index contributed by atoms with van der Waals surface area (Å²) in [5.74, 6) is 0. The second-order valence-corrected chi connectivity index (χ2v) is 9.50. The quantitative estimate of drug-likeness (QED) is 0.624. The van der Waals surface area contributed by atoms with Crippen molar-refractivity contribution in [3.63, 3.8) is 0 Å². The molecule has 25 heavy (non-hydrogen) atoms. The van der Waals surface area contributed by atoms with Crippen molar-refractivity contribution in [3.05, 3.63) is 41.2 Å². The molecule has 0 aliphatic carbocycles. The van der Waals surface area contributed by atoms with Gasteiger partial charge in [0.15, 0.2) is 0 Å². The van der Waals surface area contributed by atoms with Crippen LogP contribution in [0.15, 0.2) is 29.2 Å². The minimum atomic E-state index is -3.54. The minimum absolute atomic E-state index is 0.00729. The highest BCUT2D eigenvalue weighted by atomic mass is 32.2. The number of hydrogen-bond donors (Lipinski definition) is 1. The van der Waals surface area contributed by atoms with Gasteiger partial charge in [-0.1, -0.05) is 32.9 Å². The molecule has 1 aliphatic heterocycles. The van der Waals surface area contributed by atoms with E-state index in [2.05, 4.69) is 30.9 Å². The molecule has 0 spiro atoms. The summed E-state index contributed by atoms with van der Waals surface area (Å²) in [7, 11) is -3.54. The lowest BCUT2D eigenvalue weighted by molar-refractivity contribution is 0.262. The van der Waals surface area contributed by atoms with Gasteiger partial charge in [0.2, 0.25) is 16.6 Å². The molecule has 1 aromatic carbocycles. The molecule has 1 heterocycles. The third kappa shape index (κ3) is 5.04. The fraction of sp³-hybridized carbons (Fsp3) is 0.632. The van der Waals surface area contributed by atoms with Crippen molar-refractivity contribution >= 4 is 10.0 Å². The average molecular weight is 364 g/mol. The molecule has 0 bridgehead atoms. The van der Waals surface area contributed by atoms with Crippen LogP contribution in [0.3, 0.4) is 0 Å². The van der Waals surface area contributed by atoms with Crippen molar-refractivity contribution in [3.8, 4) is 0 Å². The Morgan fingerprint density at radius 1 is 1.20 bits per heavy atom. The summed E-state index contributed by atoms with van der Waals surface area (Å²) >= 11 is 0. The molecule has 2 rings (SSSR count). The van der Waals surface area contributed by atoms with Crippen LogP contribution < -0.4 is 5.32 Å². The van der Waals surface area contributed by atoms with Gasteiger partial charge in [-0.3, -0.25) is 0 Å². The largest absolute Gasteiger partial charge is 0.317 e. The van der Waals surface area contributed by atoms with Crippen LogP contribution >= 0.6 is 0 Å². The van der Waals surface area contributed by atoms with E-state index in [4.69, 9.17) is 6.57 Å². The molecule has 1 aromatic rings. The maximum absolute atomic E-state index is 13.2. The molecular formula is C19H29N3O2S. The Morgan fingerprint density at radius 2 is 1.80 bits per heavy atom. The van der Waals surface area contributed by atoms with Crippen LogP contribution in [-0.4, -0.2) is 44.9 Å². The fourth-order valence-corrected chi connectivity index (χ4v) is 4.89. The van der Waals surface area contributed by atoms with Crippen molar-refractivity contribution in [2.24, 2.45) is 0 Å². The highest BCUT2D eigenvalue weighted by Gasteiger charge is 2.32. The van der Waals surface area contributed by atoms with Crippen LogP contribution in [-0.2, 0) is 15.4 Å². The van der Waals surface area contributed by atoms with Crippen molar-refractivity contribution in [2.75, 3.05) is 26.2 Å². The highest BCUT2D eigenvalue weighted by molar-refractivity contribution is 7.89. The molecule has 0 unspecified atom stereocenters. The highest BCUT2D eigenvalue weighted by Crippen LogP contribution is 2.27. The molecule has 0 atom stereocenters. The van der Waals surface area contributed by atoms with Crippen LogP contribution in [0.2, 0.25) is 0 Å². The van der Waals surface area contributed by atoms with E-state index in [1.54, 1.807) is 16.4 Å². The zero-order valence-corrected chi connectivity index (χ0v) is 16.3. The summed E-state index contributed by atoms with van der Waals surface area (Å²) in [4.78, 5) is 3.71. The summed E-state index contributed by atoms with van der Waals surface area (Å²) in [5.41, 5.74) is 1.11. The van der Waals surface area contributed by atoms with Gasteiger partial charge in [-0.05, 0) is 49.0 Å². The molecule has 138 valence electrons. The number of piperidine rings is 1. The summed E-state index contributed by atoms with van der Waals surface area (Å²) in [6.45, 7) is 15.7. The number of sulfonamides is 1. The van der Waals surface area contributed by atoms with Crippen LogP contribution in [0, 0.1) is 6.57 Å². The molecule has 0 amide bonds. The van der Waals surface area contributed by atoms with Crippen molar-refractivity contribution in [2.45, 2.75) is 56.4 Å². The lowest BCUT2D eigenvalue weighted by Gasteiger charge is -2.33. The Hall–Kier alpha value is -1.42. The molecule has 5 nitrogen and oxygen atoms in total.